The lowest BCUT2D eigenvalue weighted by atomic mass is 9.82. The summed E-state index contributed by atoms with van der Waals surface area (Å²) >= 11 is 1.72. The summed E-state index contributed by atoms with van der Waals surface area (Å²) in [5, 5.41) is 11.9. The van der Waals surface area contributed by atoms with Crippen molar-refractivity contribution >= 4 is 23.8 Å². The second kappa shape index (κ2) is 8.30. The lowest BCUT2D eigenvalue weighted by Crippen LogP contribution is -2.41. The number of hydrogen-bond donors (Lipinski definition) is 2. The molecule has 0 heterocycles. The van der Waals surface area contributed by atoms with Gasteiger partial charge in [-0.2, -0.15) is 11.8 Å². The summed E-state index contributed by atoms with van der Waals surface area (Å²) in [5.41, 5.74) is 0. The molecule has 1 fully saturated rings. The second-order valence-corrected chi connectivity index (χ2v) is 6.14. The molecule has 0 aromatic heterocycles. The minimum atomic E-state index is -0.681. The van der Waals surface area contributed by atoms with Gasteiger partial charge in [-0.3, -0.25) is 4.79 Å². The first kappa shape index (κ1) is 16.1. The van der Waals surface area contributed by atoms with Crippen LogP contribution in [0.4, 0.5) is 4.79 Å². The number of carboxylic acids is 1. The Hall–Kier alpha value is -0.910. The lowest BCUT2D eigenvalue weighted by Gasteiger charge is -2.27. The van der Waals surface area contributed by atoms with Gasteiger partial charge in [-0.25, -0.2) is 4.79 Å². The summed E-state index contributed by atoms with van der Waals surface area (Å²) in [7, 11) is 1.80. The van der Waals surface area contributed by atoms with Gasteiger partial charge in [0.2, 0.25) is 0 Å². The van der Waals surface area contributed by atoms with Crippen molar-refractivity contribution < 1.29 is 14.7 Å². The zero-order valence-corrected chi connectivity index (χ0v) is 12.5. The van der Waals surface area contributed by atoms with Crippen molar-refractivity contribution in [1.82, 2.24) is 10.2 Å². The zero-order valence-electron chi connectivity index (χ0n) is 11.7. The Morgan fingerprint density at radius 1 is 1.32 bits per heavy atom. The molecule has 0 aromatic carbocycles. The van der Waals surface area contributed by atoms with Gasteiger partial charge in [0.1, 0.15) is 0 Å². The van der Waals surface area contributed by atoms with E-state index >= 15 is 0 Å². The minimum Gasteiger partial charge on any atom is -0.481 e. The topological polar surface area (TPSA) is 69.6 Å². The molecule has 0 spiro atoms. The normalized spacial score (nSPS) is 22.8. The Kier molecular flexibility index (Phi) is 7.05. The smallest absolute Gasteiger partial charge is 0.317 e. The van der Waals surface area contributed by atoms with Crippen molar-refractivity contribution in [2.75, 3.05) is 32.1 Å². The van der Waals surface area contributed by atoms with Crippen molar-refractivity contribution in [2.45, 2.75) is 25.7 Å². The minimum absolute atomic E-state index is 0.0330. The van der Waals surface area contributed by atoms with E-state index in [4.69, 9.17) is 5.11 Å². The van der Waals surface area contributed by atoms with Crippen LogP contribution in [0.5, 0.6) is 0 Å². The average Bonchev–Trinajstić information content (AvgIpc) is 2.42. The van der Waals surface area contributed by atoms with Crippen molar-refractivity contribution in [1.29, 1.82) is 0 Å². The maximum atomic E-state index is 11.8. The Bertz CT molecular complexity index is 304. The molecule has 0 aromatic rings. The third kappa shape index (κ3) is 5.72. The number of carbonyl (C=O) groups is 2. The van der Waals surface area contributed by atoms with Crippen LogP contribution >= 0.6 is 11.8 Å². The lowest BCUT2D eigenvalue weighted by molar-refractivity contribution is -0.143. The molecule has 5 nitrogen and oxygen atoms in total. The highest BCUT2D eigenvalue weighted by Gasteiger charge is 2.26. The first-order valence-corrected chi connectivity index (χ1v) is 8.14. The molecule has 1 aliphatic rings. The van der Waals surface area contributed by atoms with Gasteiger partial charge in [-0.1, -0.05) is 0 Å². The van der Waals surface area contributed by atoms with Crippen molar-refractivity contribution in [3.63, 3.8) is 0 Å². The number of urea groups is 1. The van der Waals surface area contributed by atoms with Crippen LogP contribution in [0.25, 0.3) is 0 Å². The number of amides is 2. The molecule has 1 saturated carbocycles. The van der Waals surface area contributed by atoms with E-state index < -0.39 is 5.97 Å². The van der Waals surface area contributed by atoms with Gasteiger partial charge in [0, 0.05) is 25.9 Å². The zero-order chi connectivity index (χ0) is 14.3. The Balaban J connectivity index is 2.19. The molecule has 0 atom stereocenters. The Morgan fingerprint density at radius 2 is 1.95 bits per heavy atom. The standard InChI is InChI=1S/C13H24N2O3S/c1-15(7-8-19-2)13(18)14-9-10-3-5-11(6-4-10)12(16)17/h10-11H,3-9H2,1-2H3,(H,14,18)(H,16,17). The predicted molar refractivity (Wildman–Crippen MR) is 77.5 cm³/mol. The van der Waals surface area contributed by atoms with Crippen LogP contribution in [0.2, 0.25) is 0 Å². The first-order chi connectivity index (χ1) is 9.04. The maximum absolute atomic E-state index is 11.8. The summed E-state index contributed by atoms with van der Waals surface area (Å²) in [6, 6.07) is -0.0330. The van der Waals surface area contributed by atoms with E-state index in [1.165, 1.54) is 0 Å². The molecule has 1 rings (SSSR count). The molecule has 110 valence electrons. The molecule has 0 unspecified atom stereocenters. The summed E-state index contributed by atoms with van der Waals surface area (Å²) in [4.78, 5) is 24.3. The average molecular weight is 288 g/mol. The van der Waals surface area contributed by atoms with Crippen LogP contribution in [0.3, 0.4) is 0 Å². The van der Waals surface area contributed by atoms with Crippen LogP contribution in [-0.2, 0) is 4.79 Å². The summed E-state index contributed by atoms with van der Waals surface area (Å²) in [6.45, 7) is 1.41. The molecule has 0 bridgehead atoms. The van der Waals surface area contributed by atoms with Gasteiger partial charge in [-0.05, 0) is 37.9 Å². The second-order valence-electron chi connectivity index (χ2n) is 5.16. The van der Waals surface area contributed by atoms with Crippen molar-refractivity contribution in [3.05, 3.63) is 0 Å². The van der Waals surface area contributed by atoms with Gasteiger partial charge in [0.25, 0.3) is 0 Å². The van der Waals surface area contributed by atoms with E-state index in [0.717, 1.165) is 38.0 Å². The Morgan fingerprint density at radius 3 is 2.47 bits per heavy atom. The van der Waals surface area contributed by atoms with Crippen LogP contribution in [-0.4, -0.2) is 54.2 Å². The molecular formula is C13H24N2O3S. The van der Waals surface area contributed by atoms with Crippen LogP contribution in [0.1, 0.15) is 25.7 Å². The van der Waals surface area contributed by atoms with Crippen molar-refractivity contribution in [3.8, 4) is 0 Å². The molecule has 2 amide bonds. The first-order valence-electron chi connectivity index (χ1n) is 6.75. The summed E-state index contributed by atoms with van der Waals surface area (Å²) < 4.78 is 0. The van der Waals surface area contributed by atoms with Crippen LogP contribution in [0, 0.1) is 11.8 Å². The molecule has 19 heavy (non-hydrogen) atoms. The highest BCUT2D eigenvalue weighted by Crippen LogP contribution is 2.28. The molecule has 0 aliphatic heterocycles. The molecule has 2 N–H and O–H groups in total. The van der Waals surface area contributed by atoms with Gasteiger partial charge in [0.15, 0.2) is 0 Å². The third-order valence-corrected chi connectivity index (χ3v) is 4.31. The number of rotatable bonds is 6. The van der Waals surface area contributed by atoms with E-state index in [0.29, 0.717) is 12.5 Å². The fraction of sp³-hybridized carbons (Fsp3) is 0.846. The summed E-state index contributed by atoms with van der Waals surface area (Å²) in [6.07, 6.45) is 5.28. The number of nitrogens with one attached hydrogen (secondary N) is 1. The van der Waals surface area contributed by atoms with E-state index in [1.807, 2.05) is 6.26 Å². The van der Waals surface area contributed by atoms with Gasteiger partial charge in [-0.15, -0.1) is 0 Å². The monoisotopic (exact) mass is 288 g/mol. The maximum Gasteiger partial charge on any atom is 0.317 e. The number of carbonyl (C=O) groups excluding carboxylic acids is 1. The van der Waals surface area contributed by atoms with E-state index in [1.54, 1.807) is 23.7 Å². The van der Waals surface area contributed by atoms with E-state index in [-0.39, 0.29) is 11.9 Å². The van der Waals surface area contributed by atoms with Crippen molar-refractivity contribution in [2.24, 2.45) is 11.8 Å². The van der Waals surface area contributed by atoms with Gasteiger partial charge < -0.3 is 15.3 Å². The molecule has 1 aliphatic carbocycles. The molecule has 0 saturated heterocycles. The van der Waals surface area contributed by atoms with E-state index in [2.05, 4.69) is 5.32 Å². The number of nitrogens with zero attached hydrogens (tertiary/aromatic N) is 1. The molecule has 6 heteroatoms. The molecule has 0 radical (unpaired) electrons. The number of hydrogen-bond acceptors (Lipinski definition) is 3. The largest absolute Gasteiger partial charge is 0.481 e. The van der Waals surface area contributed by atoms with Gasteiger partial charge >= 0.3 is 12.0 Å². The number of carboxylic acid groups (broad SMARTS) is 1. The number of aliphatic carboxylic acids is 1. The predicted octanol–water partition coefficient (Wildman–Crippen LogP) is 1.88. The Labute approximate surface area is 119 Å². The third-order valence-electron chi connectivity index (χ3n) is 3.72. The van der Waals surface area contributed by atoms with Gasteiger partial charge in [0.05, 0.1) is 5.92 Å². The highest BCUT2D eigenvalue weighted by molar-refractivity contribution is 7.98. The number of thioether (sulfide) groups is 1. The quantitative estimate of drug-likeness (QED) is 0.783. The fourth-order valence-corrected chi connectivity index (χ4v) is 2.77. The SMILES string of the molecule is CSCCN(C)C(=O)NCC1CCC(C(=O)O)CC1. The summed E-state index contributed by atoms with van der Waals surface area (Å²) in [5.74, 6) is 0.497. The fourth-order valence-electron chi connectivity index (χ4n) is 2.31. The van der Waals surface area contributed by atoms with E-state index in [9.17, 15) is 9.59 Å². The highest BCUT2D eigenvalue weighted by atomic mass is 32.2. The molecular weight excluding hydrogens is 264 g/mol. The van der Waals surface area contributed by atoms with Crippen LogP contribution < -0.4 is 5.32 Å². The van der Waals surface area contributed by atoms with Crippen LogP contribution in [0.15, 0.2) is 0 Å².